The molecule has 0 bridgehead atoms. The fourth-order valence-corrected chi connectivity index (χ4v) is 2.95. The highest BCUT2D eigenvalue weighted by Crippen LogP contribution is 2.25. The average Bonchev–Trinajstić information content (AvgIpc) is 3.15. The van der Waals surface area contributed by atoms with Gasteiger partial charge in [-0.25, -0.2) is 4.79 Å². The van der Waals surface area contributed by atoms with Gasteiger partial charge in [0, 0.05) is 5.56 Å². The van der Waals surface area contributed by atoms with Crippen LogP contribution in [0.4, 0.5) is 0 Å². The van der Waals surface area contributed by atoms with Crippen molar-refractivity contribution in [2.45, 2.75) is 32.4 Å². The number of aliphatic carboxylic acids is 1. The minimum Gasteiger partial charge on any atom is -0.479 e. The number of carbonyl (C=O) groups excluding carboxylic acids is 1. The Morgan fingerprint density at radius 3 is 2.39 bits per heavy atom. The number of tetrazole rings is 1. The summed E-state index contributed by atoms with van der Waals surface area (Å²) in [6, 6.07) is 16.2. The van der Waals surface area contributed by atoms with Gasteiger partial charge in [-0.05, 0) is 24.1 Å². The molecular formula is C20H21N5O3. The van der Waals surface area contributed by atoms with Crippen LogP contribution in [0.25, 0.3) is 11.4 Å². The van der Waals surface area contributed by atoms with Crippen molar-refractivity contribution in [1.82, 2.24) is 25.5 Å². The van der Waals surface area contributed by atoms with E-state index < -0.39 is 17.4 Å². The van der Waals surface area contributed by atoms with Gasteiger partial charge in [0.05, 0.1) is 0 Å². The first-order valence-electron chi connectivity index (χ1n) is 8.89. The smallest absolute Gasteiger partial charge is 0.334 e. The van der Waals surface area contributed by atoms with Crippen molar-refractivity contribution in [2.24, 2.45) is 0 Å². The highest BCUT2D eigenvalue weighted by molar-refractivity contribution is 5.88. The number of hydrogen-bond donors (Lipinski definition) is 2. The fourth-order valence-electron chi connectivity index (χ4n) is 2.95. The lowest BCUT2D eigenvalue weighted by Gasteiger charge is -2.29. The molecular weight excluding hydrogens is 358 g/mol. The van der Waals surface area contributed by atoms with E-state index in [2.05, 4.69) is 20.7 Å². The molecule has 1 heterocycles. The van der Waals surface area contributed by atoms with Gasteiger partial charge in [0.1, 0.15) is 6.54 Å². The molecule has 0 spiro atoms. The Morgan fingerprint density at radius 2 is 1.79 bits per heavy atom. The molecule has 0 aliphatic heterocycles. The third-order valence-corrected chi connectivity index (χ3v) is 4.56. The van der Waals surface area contributed by atoms with Crippen LogP contribution in [-0.2, 0) is 21.7 Å². The summed E-state index contributed by atoms with van der Waals surface area (Å²) in [5, 5.41) is 24.5. The molecule has 2 aromatic carbocycles. The lowest BCUT2D eigenvalue weighted by Crippen LogP contribution is -2.52. The number of carboxylic acid groups (broad SMARTS) is 1. The van der Waals surface area contributed by atoms with E-state index in [4.69, 9.17) is 0 Å². The molecule has 2 N–H and O–H groups in total. The van der Waals surface area contributed by atoms with Crippen LogP contribution in [0, 0.1) is 6.92 Å². The van der Waals surface area contributed by atoms with Crippen molar-refractivity contribution < 1.29 is 14.7 Å². The second kappa shape index (κ2) is 7.99. The molecule has 1 aromatic heterocycles. The summed E-state index contributed by atoms with van der Waals surface area (Å²) in [4.78, 5) is 25.7. The summed E-state index contributed by atoms with van der Waals surface area (Å²) in [7, 11) is 0. The maximum Gasteiger partial charge on any atom is 0.334 e. The molecule has 28 heavy (non-hydrogen) atoms. The minimum absolute atomic E-state index is 0.192. The van der Waals surface area contributed by atoms with Crippen molar-refractivity contribution in [3.63, 3.8) is 0 Å². The van der Waals surface area contributed by atoms with E-state index in [-0.39, 0.29) is 13.0 Å². The number of amides is 1. The number of aromatic nitrogens is 4. The van der Waals surface area contributed by atoms with Crippen LogP contribution in [0.1, 0.15) is 24.5 Å². The second-order valence-corrected chi connectivity index (χ2v) is 6.49. The fraction of sp³-hybridized carbons (Fsp3) is 0.250. The Morgan fingerprint density at radius 1 is 1.11 bits per heavy atom. The van der Waals surface area contributed by atoms with Crippen molar-refractivity contribution in [1.29, 1.82) is 0 Å². The van der Waals surface area contributed by atoms with Gasteiger partial charge in [-0.2, -0.15) is 4.80 Å². The highest BCUT2D eigenvalue weighted by atomic mass is 16.4. The van der Waals surface area contributed by atoms with Crippen LogP contribution in [0.5, 0.6) is 0 Å². The molecule has 0 saturated heterocycles. The average molecular weight is 379 g/mol. The molecule has 0 saturated carbocycles. The van der Waals surface area contributed by atoms with Crippen molar-refractivity contribution in [3.05, 3.63) is 65.7 Å². The topological polar surface area (TPSA) is 110 Å². The van der Waals surface area contributed by atoms with E-state index in [9.17, 15) is 14.7 Å². The summed E-state index contributed by atoms with van der Waals surface area (Å²) >= 11 is 0. The van der Waals surface area contributed by atoms with E-state index in [0.29, 0.717) is 11.4 Å². The van der Waals surface area contributed by atoms with Gasteiger partial charge in [-0.15, -0.1) is 10.2 Å². The summed E-state index contributed by atoms with van der Waals surface area (Å²) < 4.78 is 0. The number of hydrogen-bond acceptors (Lipinski definition) is 5. The van der Waals surface area contributed by atoms with E-state index in [1.54, 1.807) is 37.3 Å². The van der Waals surface area contributed by atoms with E-state index in [0.717, 1.165) is 15.9 Å². The van der Waals surface area contributed by atoms with Crippen LogP contribution in [0.15, 0.2) is 54.6 Å². The van der Waals surface area contributed by atoms with Gasteiger partial charge in [-0.1, -0.05) is 67.1 Å². The van der Waals surface area contributed by atoms with Crippen LogP contribution in [-0.4, -0.2) is 37.2 Å². The van der Waals surface area contributed by atoms with Crippen molar-refractivity contribution in [2.75, 3.05) is 0 Å². The van der Waals surface area contributed by atoms with Crippen LogP contribution >= 0.6 is 0 Å². The van der Waals surface area contributed by atoms with Crippen LogP contribution < -0.4 is 5.32 Å². The Kier molecular flexibility index (Phi) is 5.49. The van der Waals surface area contributed by atoms with Gasteiger partial charge in [0.2, 0.25) is 11.7 Å². The number of rotatable bonds is 7. The maximum absolute atomic E-state index is 12.6. The second-order valence-electron chi connectivity index (χ2n) is 6.49. The zero-order valence-electron chi connectivity index (χ0n) is 15.7. The summed E-state index contributed by atoms with van der Waals surface area (Å²) in [5.41, 5.74) is 0.889. The van der Waals surface area contributed by atoms with Gasteiger partial charge in [-0.3, -0.25) is 4.79 Å². The highest BCUT2D eigenvalue weighted by Gasteiger charge is 2.40. The lowest BCUT2D eigenvalue weighted by atomic mass is 9.87. The maximum atomic E-state index is 12.6. The van der Waals surface area contributed by atoms with Crippen LogP contribution in [0.3, 0.4) is 0 Å². The molecule has 0 radical (unpaired) electrons. The molecule has 1 unspecified atom stereocenters. The molecule has 0 aliphatic rings. The standard InChI is InChI=1S/C20H21N5O3/c1-3-20(19(27)28,16-7-5-4-6-8-16)21-17(26)13-25-23-18(22-24-25)15-11-9-14(2)10-12-15/h4-12H,3,13H2,1-2H3,(H,21,26)(H,27,28). The molecule has 0 aliphatic carbocycles. The first-order valence-corrected chi connectivity index (χ1v) is 8.89. The molecule has 3 aromatic rings. The quantitative estimate of drug-likeness (QED) is 0.651. The van der Waals surface area contributed by atoms with Gasteiger partial charge in [0.15, 0.2) is 5.54 Å². The molecule has 1 atom stereocenters. The Balaban J connectivity index is 1.77. The van der Waals surface area contributed by atoms with Crippen LogP contribution in [0.2, 0.25) is 0 Å². The van der Waals surface area contributed by atoms with E-state index >= 15 is 0 Å². The van der Waals surface area contributed by atoms with E-state index in [1.165, 1.54) is 0 Å². The van der Waals surface area contributed by atoms with Gasteiger partial charge in [0.25, 0.3) is 0 Å². The Hall–Kier alpha value is -3.55. The third kappa shape index (κ3) is 3.90. The summed E-state index contributed by atoms with van der Waals surface area (Å²) in [6.07, 6.45) is 0.192. The lowest BCUT2D eigenvalue weighted by molar-refractivity contribution is -0.148. The predicted octanol–water partition coefficient (Wildman–Crippen LogP) is 2.15. The molecule has 8 heteroatoms. The normalized spacial score (nSPS) is 12.9. The predicted molar refractivity (Wildman–Crippen MR) is 102 cm³/mol. The monoisotopic (exact) mass is 379 g/mol. The number of aryl methyl sites for hydroxylation is 1. The van der Waals surface area contributed by atoms with Crippen molar-refractivity contribution in [3.8, 4) is 11.4 Å². The molecule has 0 fully saturated rings. The molecule has 3 rings (SSSR count). The molecule has 144 valence electrons. The summed E-state index contributed by atoms with van der Waals surface area (Å²) in [5.74, 6) is -1.24. The summed E-state index contributed by atoms with van der Waals surface area (Å²) in [6.45, 7) is 3.46. The number of nitrogens with one attached hydrogen (secondary N) is 1. The zero-order chi connectivity index (χ0) is 20.1. The number of nitrogens with zero attached hydrogens (tertiary/aromatic N) is 4. The SMILES string of the molecule is CCC(NC(=O)Cn1nnc(-c2ccc(C)cc2)n1)(C(=O)O)c1ccccc1. The molecule has 1 amide bonds. The Labute approximate surface area is 162 Å². The third-order valence-electron chi connectivity index (χ3n) is 4.56. The van der Waals surface area contributed by atoms with Gasteiger partial charge >= 0.3 is 5.97 Å². The number of carboxylic acids is 1. The first-order chi connectivity index (χ1) is 13.4. The van der Waals surface area contributed by atoms with Crippen molar-refractivity contribution >= 4 is 11.9 Å². The first kappa shape index (κ1) is 19.2. The largest absolute Gasteiger partial charge is 0.479 e. The Bertz CT molecular complexity index is 969. The number of benzene rings is 2. The number of carbonyl (C=O) groups is 2. The minimum atomic E-state index is -1.52. The molecule has 8 nitrogen and oxygen atoms in total. The van der Waals surface area contributed by atoms with Gasteiger partial charge < -0.3 is 10.4 Å². The van der Waals surface area contributed by atoms with E-state index in [1.807, 2.05) is 31.2 Å². The zero-order valence-corrected chi connectivity index (χ0v) is 15.7.